The lowest BCUT2D eigenvalue weighted by Crippen LogP contribution is -2.41. The second-order valence-electron chi connectivity index (χ2n) is 7.28. The van der Waals surface area contributed by atoms with Crippen molar-refractivity contribution >= 4 is 29.0 Å². The van der Waals surface area contributed by atoms with E-state index in [1.807, 2.05) is 27.7 Å². The zero-order chi connectivity index (χ0) is 20.6. The lowest BCUT2D eigenvalue weighted by Gasteiger charge is -2.32. The van der Waals surface area contributed by atoms with Crippen molar-refractivity contribution in [3.8, 4) is 5.75 Å². The predicted octanol–water partition coefficient (Wildman–Crippen LogP) is 4.63. The molecule has 0 amide bonds. The van der Waals surface area contributed by atoms with Crippen LogP contribution < -0.4 is 4.74 Å². The Morgan fingerprint density at radius 1 is 1.19 bits per heavy atom. The topological polar surface area (TPSA) is 54.0 Å². The zero-order valence-corrected chi connectivity index (χ0v) is 17.2. The molecule has 1 fully saturated rings. The van der Waals surface area contributed by atoms with Crippen LogP contribution in [0.4, 0.5) is 13.2 Å². The van der Waals surface area contributed by atoms with E-state index in [2.05, 4.69) is 20.7 Å². The normalized spacial score (nSPS) is 19.7. The van der Waals surface area contributed by atoms with Gasteiger partial charge in [-0.05, 0) is 51.5 Å². The number of esters is 1. The van der Waals surface area contributed by atoms with Crippen LogP contribution >= 0.6 is 15.9 Å². The van der Waals surface area contributed by atoms with E-state index in [1.54, 1.807) is 6.07 Å². The van der Waals surface area contributed by atoms with Crippen molar-refractivity contribution in [2.24, 2.45) is 0 Å². The van der Waals surface area contributed by atoms with Crippen molar-refractivity contribution in [2.45, 2.75) is 57.5 Å². The first-order valence-corrected chi connectivity index (χ1v) is 9.02. The Hall–Kier alpha value is -1.26. The third-order valence-corrected chi connectivity index (χ3v) is 5.23. The zero-order valence-electron chi connectivity index (χ0n) is 15.6. The van der Waals surface area contributed by atoms with E-state index in [0.29, 0.717) is 10.0 Å². The van der Waals surface area contributed by atoms with Gasteiger partial charge in [-0.2, -0.15) is 0 Å². The third kappa shape index (κ3) is 5.39. The Labute approximate surface area is 164 Å². The van der Waals surface area contributed by atoms with Gasteiger partial charge in [0.25, 0.3) is 0 Å². The molecule has 1 aliphatic rings. The van der Waals surface area contributed by atoms with Gasteiger partial charge in [0, 0.05) is 10.3 Å². The van der Waals surface area contributed by atoms with Gasteiger partial charge in [0.05, 0.1) is 24.7 Å². The summed E-state index contributed by atoms with van der Waals surface area (Å²) in [6.07, 6.45) is -4.96. The maximum absolute atomic E-state index is 12.6. The van der Waals surface area contributed by atoms with E-state index in [4.69, 9.17) is 14.0 Å². The first-order chi connectivity index (χ1) is 12.2. The number of hydrogen-bond donors (Lipinski definition) is 0. The first-order valence-electron chi connectivity index (χ1n) is 8.23. The fourth-order valence-electron chi connectivity index (χ4n) is 2.68. The number of alkyl halides is 3. The number of rotatable bonds is 5. The summed E-state index contributed by atoms with van der Waals surface area (Å²) in [6.45, 7) is 7.39. The lowest BCUT2D eigenvalue weighted by molar-refractivity contribution is -0.274. The van der Waals surface area contributed by atoms with Gasteiger partial charge in [-0.25, -0.2) is 0 Å². The molecule has 27 heavy (non-hydrogen) atoms. The third-order valence-electron chi connectivity index (χ3n) is 4.77. The highest BCUT2D eigenvalue weighted by molar-refractivity contribution is 9.10. The molecular weight excluding hydrogens is 432 g/mol. The summed E-state index contributed by atoms with van der Waals surface area (Å²) >= 11 is 3.18. The molecule has 150 valence electrons. The summed E-state index contributed by atoms with van der Waals surface area (Å²) in [6, 6.07) is 4.01. The standard InChI is InChI=1S/C17H21BBrF3O5/c1-15(2)16(3,4)27-18(26-15)13(9-14(23)24-5)10-6-11(19)8-12(7-10)25-17(20,21)22/h6-8,13H,9H2,1-5H3. The van der Waals surface area contributed by atoms with E-state index >= 15 is 0 Å². The molecule has 1 atom stereocenters. The molecule has 0 saturated carbocycles. The number of halogens is 4. The van der Waals surface area contributed by atoms with Crippen LogP contribution in [-0.2, 0) is 18.8 Å². The molecule has 2 rings (SSSR count). The minimum absolute atomic E-state index is 0.130. The molecule has 1 unspecified atom stereocenters. The number of ether oxygens (including phenoxy) is 2. The van der Waals surface area contributed by atoms with Crippen molar-refractivity contribution in [2.75, 3.05) is 7.11 Å². The van der Waals surface area contributed by atoms with Crippen LogP contribution in [0.15, 0.2) is 22.7 Å². The largest absolute Gasteiger partial charge is 0.573 e. The highest BCUT2D eigenvalue weighted by Crippen LogP contribution is 2.43. The molecule has 0 aromatic heterocycles. The van der Waals surface area contributed by atoms with E-state index in [9.17, 15) is 18.0 Å². The van der Waals surface area contributed by atoms with Gasteiger partial charge < -0.3 is 18.8 Å². The Balaban J connectivity index is 2.42. The summed E-state index contributed by atoms with van der Waals surface area (Å²) < 4.78 is 59.0. The predicted molar refractivity (Wildman–Crippen MR) is 96.3 cm³/mol. The van der Waals surface area contributed by atoms with Gasteiger partial charge in [0.2, 0.25) is 0 Å². The quantitative estimate of drug-likeness (QED) is 0.481. The Morgan fingerprint density at radius 2 is 1.74 bits per heavy atom. The molecule has 0 radical (unpaired) electrons. The van der Waals surface area contributed by atoms with Gasteiger partial charge in [0.1, 0.15) is 5.75 Å². The van der Waals surface area contributed by atoms with Crippen LogP contribution in [0.5, 0.6) is 5.75 Å². The van der Waals surface area contributed by atoms with Crippen molar-refractivity contribution in [3.05, 3.63) is 28.2 Å². The second kappa shape index (κ2) is 7.64. The summed E-state index contributed by atoms with van der Waals surface area (Å²) in [5.74, 6) is -1.63. The molecule has 1 saturated heterocycles. The van der Waals surface area contributed by atoms with E-state index < -0.39 is 42.2 Å². The molecule has 0 spiro atoms. The van der Waals surface area contributed by atoms with Crippen LogP contribution in [0.2, 0.25) is 0 Å². The molecular formula is C17H21BBrF3O5. The Kier molecular flexibility index (Phi) is 6.23. The Bertz CT molecular complexity index is 692. The van der Waals surface area contributed by atoms with Gasteiger partial charge in [-0.1, -0.05) is 15.9 Å². The number of hydrogen-bond acceptors (Lipinski definition) is 5. The summed E-state index contributed by atoms with van der Waals surface area (Å²) in [5, 5.41) is 0. The van der Waals surface area contributed by atoms with Gasteiger partial charge >= 0.3 is 19.5 Å². The van der Waals surface area contributed by atoms with Gasteiger partial charge in [-0.3, -0.25) is 4.79 Å². The van der Waals surface area contributed by atoms with Crippen LogP contribution in [0.3, 0.4) is 0 Å². The molecule has 10 heteroatoms. The number of benzene rings is 1. The van der Waals surface area contributed by atoms with Crippen molar-refractivity contribution in [1.29, 1.82) is 0 Å². The molecule has 1 aromatic rings. The van der Waals surface area contributed by atoms with Crippen molar-refractivity contribution in [3.63, 3.8) is 0 Å². The van der Waals surface area contributed by atoms with Crippen LogP contribution in [0.1, 0.15) is 45.5 Å². The minimum Gasteiger partial charge on any atom is -0.469 e. The SMILES string of the molecule is COC(=O)CC(B1OC(C)(C)C(C)(C)O1)c1cc(Br)cc(OC(F)(F)F)c1. The summed E-state index contributed by atoms with van der Waals surface area (Å²) in [7, 11) is 0.394. The molecule has 0 N–H and O–H groups in total. The molecule has 1 aromatic carbocycles. The minimum atomic E-state index is -4.83. The van der Waals surface area contributed by atoms with Crippen LogP contribution in [-0.4, -0.2) is 37.8 Å². The highest BCUT2D eigenvalue weighted by Gasteiger charge is 2.54. The first kappa shape index (κ1) is 22.0. The molecule has 1 heterocycles. The average Bonchev–Trinajstić information content (AvgIpc) is 2.70. The average molecular weight is 453 g/mol. The molecule has 5 nitrogen and oxygen atoms in total. The van der Waals surface area contributed by atoms with E-state index in [-0.39, 0.29) is 6.42 Å². The molecule has 0 bridgehead atoms. The van der Waals surface area contributed by atoms with Crippen LogP contribution in [0.25, 0.3) is 0 Å². The monoisotopic (exact) mass is 452 g/mol. The summed E-state index contributed by atoms with van der Waals surface area (Å²) in [5.41, 5.74) is -0.931. The fourth-order valence-corrected chi connectivity index (χ4v) is 3.17. The van der Waals surface area contributed by atoms with E-state index in [1.165, 1.54) is 19.2 Å². The fraction of sp³-hybridized carbons (Fsp3) is 0.588. The van der Waals surface area contributed by atoms with Crippen molar-refractivity contribution < 1.29 is 36.7 Å². The number of carbonyl (C=O) groups excluding carboxylic acids is 1. The smallest absolute Gasteiger partial charge is 0.469 e. The molecule has 0 aliphatic carbocycles. The maximum atomic E-state index is 12.6. The number of carbonyl (C=O) groups is 1. The van der Waals surface area contributed by atoms with Crippen molar-refractivity contribution in [1.82, 2.24) is 0 Å². The van der Waals surface area contributed by atoms with Gasteiger partial charge in [0.15, 0.2) is 0 Å². The highest BCUT2D eigenvalue weighted by atomic mass is 79.9. The summed E-state index contributed by atoms with van der Waals surface area (Å²) in [4.78, 5) is 11.9. The lowest BCUT2D eigenvalue weighted by atomic mass is 9.66. The van der Waals surface area contributed by atoms with E-state index in [0.717, 1.165) is 0 Å². The van der Waals surface area contributed by atoms with Gasteiger partial charge in [-0.15, -0.1) is 13.2 Å². The number of methoxy groups -OCH3 is 1. The molecule has 1 aliphatic heterocycles. The Morgan fingerprint density at radius 3 is 2.22 bits per heavy atom. The second-order valence-corrected chi connectivity index (χ2v) is 8.20. The maximum Gasteiger partial charge on any atom is 0.573 e. The van der Waals surface area contributed by atoms with Crippen LogP contribution in [0, 0.1) is 0 Å².